The summed E-state index contributed by atoms with van der Waals surface area (Å²) in [7, 11) is 0. The number of nitrogens with zero attached hydrogens (tertiary/aromatic N) is 1. The predicted octanol–water partition coefficient (Wildman–Crippen LogP) is 4.53. The lowest BCUT2D eigenvalue weighted by atomic mass is 9.46. The zero-order chi connectivity index (χ0) is 59.5. The molecule has 1 aromatic rings. The fourth-order valence-corrected chi connectivity index (χ4v) is 13.3. The number of primary amides is 1. The van der Waals surface area contributed by atoms with E-state index in [4.69, 9.17) is 24.7 Å². The van der Waals surface area contributed by atoms with E-state index in [1.165, 1.54) is 12.2 Å². The number of alkyl carbamates (subject to hydrolysis) is 2. The van der Waals surface area contributed by atoms with Crippen LogP contribution < -0.4 is 32.3 Å². The highest BCUT2D eigenvalue weighted by molar-refractivity contribution is 6.12. The number of hydrogen-bond donors (Lipinski definition) is 7. The van der Waals surface area contributed by atoms with Crippen LogP contribution in [0.1, 0.15) is 124 Å². The van der Waals surface area contributed by atoms with Crippen molar-refractivity contribution in [2.75, 3.05) is 38.1 Å². The standard InChI is InChI=1S/C59H79N7O16/c1-6-11-50-81-46-28-42-41-19-16-37-27-39(67)22-23-57(37,4)51(41)44(70)29-58(42,5)59(46,82-50)45(71)33-80-56(78)63-31-40(68)30-62-55(77)79-32-35-14-17-38(18-15-35)64-53(75)36(12-10-24-61-54(60)76)26-43(69)52(34(2)3)65-47(72)13-8-7-9-25-66-48(73)20-21-49(66)74/h14-15,17-18,20-23,27,34,36,41-42,44,46,50-52,70H,6-13,16,19,24-26,28-33H2,1-5H3,(H,62,77)(H,63,78)(H,64,75)(H,65,72)(H3,60,61,76)/t36-,41+,42+,44+,46-,50?,51-,52+,57+,58+,59-/m1/s1. The highest BCUT2D eigenvalue weighted by Crippen LogP contribution is 2.69. The number of aliphatic hydroxyl groups excluding tert-OH is 1. The molecule has 3 saturated carbocycles. The van der Waals surface area contributed by atoms with Crippen LogP contribution in [0.25, 0.3) is 0 Å². The number of Topliss-reactive ketones (excluding diaryl/α,β-unsaturated/α-hetero) is 3. The summed E-state index contributed by atoms with van der Waals surface area (Å²) >= 11 is 0. The monoisotopic (exact) mass is 1140 g/mol. The molecule has 1 saturated heterocycles. The number of urea groups is 1. The van der Waals surface area contributed by atoms with E-state index in [0.717, 1.165) is 23.3 Å². The third kappa shape index (κ3) is 14.4. The first-order valence-corrected chi connectivity index (χ1v) is 28.6. The van der Waals surface area contributed by atoms with Crippen molar-refractivity contribution < 1.29 is 76.8 Å². The Morgan fingerprint density at radius 2 is 1.59 bits per heavy atom. The molecule has 8 amide bonds. The largest absolute Gasteiger partial charge is 0.445 e. The van der Waals surface area contributed by atoms with Crippen LogP contribution in [0, 0.1) is 40.4 Å². The number of amides is 8. The first-order valence-electron chi connectivity index (χ1n) is 28.6. The first kappa shape index (κ1) is 62.5. The summed E-state index contributed by atoms with van der Waals surface area (Å²) in [5, 5.41) is 24.7. The molecule has 23 nitrogen and oxygen atoms in total. The van der Waals surface area contributed by atoms with Gasteiger partial charge < -0.3 is 56.4 Å². The fraction of sp³-hybridized carbons (Fsp3) is 0.610. The van der Waals surface area contributed by atoms with Crippen molar-refractivity contribution in [2.45, 2.75) is 155 Å². The molecule has 1 aromatic carbocycles. The van der Waals surface area contributed by atoms with Crippen molar-refractivity contribution in [1.29, 1.82) is 0 Å². The van der Waals surface area contributed by atoms with E-state index in [1.807, 2.05) is 19.9 Å². The second kappa shape index (κ2) is 27.3. The maximum absolute atomic E-state index is 14.5. The SMILES string of the molecule is CCCC1O[C@@H]2C[C@H]3[C@@H]4CCC5=CC(=O)C=C[C@]5(C)[C@H]4[C@@H](O)C[C@]3(C)[C@]2(C(=O)COC(=O)NCC(=O)CNC(=O)OCc2ccc(NC(=O)[C@H](CCCNC(N)=O)CC(=O)[C@@H](NC(=O)CCCCCN3C(=O)C=CC3=O)C(C)C)cc2)O1. The average Bonchev–Trinajstić information content (AvgIpc) is 1.55. The molecule has 4 fully saturated rings. The number of rotatable bonds is 28. The van der Waals surface area contributed by atoms with Gasteiger partial charge in [0.1, 0.15) is 6.61 Å². The summed E-state index contributed by atoms with van der Waals surface area (Å²) in [4.78, 5) is 141. The molecule has 2 heterocycles. The van der Waals surface area contributed by atoms with E-state index in [-0.39, 0.29) is 98.3 Å². The first-order chi connectivity index (χ1) is 39.0. The lowest BCUT2D eigenvalue weighted by Crippen LogP contribution is -2.63. The van der Waals surface area contributed by atoms with Gasteiger partial charge in [0.15, 0.2) is 35.8 Å². The fourth-order valence-electron chi connectivity index (χ4n) is 13.3. The number of benzene rings is 1. The Kier molecular flexibility index (Phi) is 20.8. The van der Waals surface area contributed by atoms with Crippen LogP contribution in [0.2, 0.25) is 0 Å². The van der Waals surface area contributed by atoms with E-state index in [2.05, 4.69) is 33.5 Å². The highest BCUT2D eigenvalue weighted by atomic mass is 16.7. The van der Waals surface area contributed by atoms with Gasteiger partial charge in [0.2, 0.25) is 17.6 Å². The maximum Gasteiger partial charge on any atom is 0.407 e. The average molecular weight is 1140 g/mol. The lowest BCUT2D eigenvalue weighted by molar-refractivity contribution is -0.200. The van der Waals surface area contributed by atoms with E-state index in [0.29, 0.717) is 56.2 Å². The molecule has 23 heteroatoms. The van der Waals surface area contributed by atoms with Crippen LogP contribution in [0.5, 0.6) is 0 Å². The van der Waals surface area contributed by atoms with Crippen LogP contribution in [0.15, 0.2) is 60.2 Å². The molecule has 1 unspecified atom stereocenters. The minimum atomic E-state index is -1.51. The summed E-state index contributed by atoms with van der Waals surface area (Å²) in [6, 6.07) is 4.70. The van der Waals surface area contributed by atoms with E-state index < -0.39 is 102 Å². The van der Waals surface area contributed by atoms with Crippen LogP contribution >= 0.6 is 0 Å². The molecule has 2 aliphatic heterocycles. The van der Waals surface area contributed by atoms with E-state index >= 15 is 0 Å². The second-order valence-corrected chi connectivity index (χ2v) is 23.2. The summed E-state index contributed by atoms with van der Waals surface area (Å²) < 4.78 is 23.7. The van der Waals surface area contributed by atoms with Crippen molar-refractivity contribution >= 4 is 70.7 Å². The second-order valence-electron chi connectivity index (χ2n) is 23.2. The predicted molar refractivity (Wildman–Crippen MR) is 294 cm³/mol. The molecule has 0 radical (unpaired) electrons. The maximum atomic E-state index is 14.5. The number of ketones is 4. The van der Waals surface area contributed by atoms with Crippen molar-refractivity contribution in [2.24, 2.45) is 46.2 Å². The summed E-state index contributed by atoms with van der Waals surface area (Å²) in [6.07, 6.45) is 8.90. The molecular weight excluding hydrogens is 1060 g/mol. The molecule has 8 N–H and O–H groups in total. The Balaban J connectivity index is 0.834. The van der Waals surface area contributed by atoms with Crippen molar-refractivity contribution in [3.63, 3.8) is 0 Å². The summed E-state index contributed by atoms with van der Waals surface area (Å²) in [5.41, 5.74) is 4.21. The Morgan fingerprint density at radius 3 is 2.26 bits per heavy atom. The lowest BCUT2D eigenvalue weighted by Gasteiger charge is -2.59. The van der Waals surface area contributed by atoms with Crippen LogP contribution in [-0.2, 0) is 63.9 Å². The number of anilines is 1. The van der Waals surface area contributed by atoms with Gasteiger partial charge in [-0.1, -0.05) is 71.2 Å². The van der Waals surface area contributed by atoms with Gasteiger partial charge in [0.05, 0.1) is 31.3 Å². The number of hydrogen-bond acceptors (Lipinski definition) is 16. The molecule has 0 bridgehead atoms. The zero-order valence-electron chi connectivity index (χ0n) is 47.4. The van der Waals surface area contributed by atoms with E-state index in [9.17, 15) is 57.8 Å². The number of carbonyl (C=O) groups is 11. The number of allylic oxidation sites excluding steroid dienone is 4. The zero-order valence-corrected chi connectivity index (χ0v) is 47.4. The van der Waals surface area contributed by atoms with Crippen LogP contribution in [0.4, 0.5) is 20.1 Å². The molecule has 6 aliphatic rings. The Hall–Kier alpha value is -7.11. The topological polar surface area (TPSA) is 334 Å². The van der Waals surface area contributed by atoms with Crippen LogP contribution in [-0.4, -0.2) is 138 Å². The van der Waals surface area contributed by atoms with Gasteiger partial charge in [0.25, 0.3) is 11.8 Å². The van der Waals surface area contributed by atoms with Gasteiger partial charge in [-0.3, -0.25) is 43.3 Å². The van der Waals surface area contributed by atoms with Gasteiger partial charge in [-0.25, -0.2) is 14.4 Å². The molecule has 7 rings (SSSR count). The molecule has 4 aliphatic carbocycles. The molecular formula is C59H79N7O16. The molecule has 0 spiro atoms. The molecule has 82 heavy (non-hydrogen) atoms. The molecule has 11 atom stereocenters. The number of imide groups is 1. The normalized spacial score (nSPS) is 27.5. The number of ether oxygens (including phenoxy) is 4. The number of nitrogens with two attached hydrogens (primary N) is 1. The number of unbranched alkanes of at least 4 members (excludes halogenated alkanes) is 2. The van der Waals surface area contributed by atoms with Gasteiger partial charge in [-0.15, -0.1) is 0 Å². The quantitative estimate of drug-likeness (QED) is 0.0447. The van der Waals surface area contributed by atoms with Gasteiger partial charge >= 0.3 is 18.2 Å². The minimum absolute atomic E-state index is 0.00154. The van der Waals surface area contributed by atoms with Gasteiger partial charge in [0, 0.05) is 66.4 Å². The Labute approximate surface area is 477 Å². The summed E-state index contributed by atoms with van der Waals surface area (Å²) in [5.74, 6) is -4.52. The Morgan fingerprint density at radius 1 is 0.890 bits per heavy atom. The third-order valence-electron chi connectivity index (χ3n) is 17.4. The summed E-state index contributed by atoms with van der Waals surface area (Å²) in [6.45, 7) is 8.03. The third-order valence-corrected chi connectivity index (χ3v) is 17.4. The number of aliphatic hydroxyl groups is 1. The van der Waals surface area contributed by atoms with Crippen molar-refractivity contribution in [3.8, 4) is 0 Å². The van der Waals surface area contributed by atoms with Crippen molar-refractivity contribution in [3.05, 3.63) is 65.8 Å². The number of nitrogens with one attached hydrogen (secondary N) is 5. The van der Waals surface area contributed by atoms with Crippen molar-refractivity contribution in [1.82, 2.24) is 26.2 Å². The smallest absolute Gasteiger partial charge is 0.407 e. The Bertz CT molecular complexity index is 2710. The molecule has 0 aromatic heterocycles. The van der Waals surface area contributed by atoms with E-state index in [1.54, 1.807) is 50.3 Å². The molecule has 446 valence electrons. The highest BCUT2D eigenvalue weighted by Gasteiger charge is 2.76. The number of carbonyl (C=O) groups excluding carboxylic acids is 11. The van der Waals surface area contributed by atoms with Crippen LogP contribution in [0.3, 0.4) is 0 Å². The van der Waals surface area contributed by atoms with Gasteiger partial charge in [-0.2, -0.15) is 0 Å². The minimum Gasteiger partial charge on any atom is -0.445 e. The number of fused-ring (bicyclic) bond motifs is 7. The van der Waals surface area contributed by atoms with Gasteiger partial charge in [-0.05, 0) is 105 Å².